The molecule has 0 bridgehead atoms. The summed E-state index contributed by atoms with van der Waals surface area (Å²) in [6.07, 6.45) is 3.97. The van der Waals surface area contributed by atoms with Gasteiger partial charge in [-0.2, -0.15) is 0 Å². The van der Waals surface area contributed by atoms with Crippen LogP contribution in [-0.4, -0.2) is 19.0 Å². The predicted octanol–water partition coefficient (Wildman–Crippen LogP) is 2.32. The smallest absolute Gasteiger partial charge is 0.238 e. The van der Waals surface area contributed by atoms with E-state index in [4.69, 9.17) is 0 Å². The molecule has 1 aromatic carbocycles. The van der Waals surface area contributed by atoms with Gasteiger partial charge in [0.1, 0.15) is 0 Å². The highest BCUT2D eigenvalue weighted by molar-refractivity contribution is 5.92. The number of rotatable bonds is 5. The summed E-state index contributed by atoms with van der Waals surface area (Å²) in [5, 5.41) is 6.10. The van der Waals surface area contributed by atoms with Crippen molar-refractivity contribution in [1.82, 2.24) is 5.32 Å². The highest BCUT2D eigenvalue weighted by Gasteiger charge is 2.16. The molecule has 1 fully saturated rings. The van der Waals surface area contributed by atoms with Crippen molar-refractivity contribution in [2.75, 3.05) is 18.4 Å². The highest BCUT2D eigenvalue weighted by atomic mass is 16.1. The second kappa shape index (κ2) is 5.82. The SMILES string of the molecule is Cc1cccc(NC(=O)CNCC2CCC2)c1. The van der Waals surface area contributed by atoms with Crippen LogP contribution in [0.4, 0.5) is 5.69 Å². The van der Waals surface area contributed by atoms with Crippen LogP contribution >= 0.6 is 0 Å². The first-order valence-electron chi connectivity index (χ1n) is 6.31. The third-order valence-corrected chi connectivity index (χ3v) is 3.25. The van der Waals surface area contributed by atoms with E-state index in [-0.39, 0.29) is 5.91 Å². The number of carbonyl (C=O) groups excluding carboxylic acids is 1. The minimum Gasteiger partial charge on any atom is -0.325 e. The van der Waals surface area contributed by atoms with Gasteiger partial charge in [-0.15, -0.1) is 0 Å². The van der Waals surface area contributed by atoms with E-state index in [1.165, 1.54) is 19.3 Å². The van der Waals surface area contributed by atoms with Gasteiger partial charge in [0, 0.05) is 5.69 Å². The summed E-state index contributed by atoms with van der Waals surface area (Å²) < 4.78 is 0. The van der Waals surface area contributed by atoms with E-state index in [2.05, 4.69) is 10.6 Å². The maximum Gasteiger partial charge on any atom is 0.238 e. The molecule has 2 rings (SSSR count). The third-order valence-electron chi connectivity index (χ3n) is 3.25. The van der Waals surface area contributed by atoms with Crippen LogP contribution in [0, 0.1) is 12.8 Å². The van der Waals surface area contributed by atoms with Crippen LogP contribution in [0.15, 0.2) is 24.3 Å². The number of amides is 1. The molecule has 2 N–H and O–H groups in total. The molecule has 1 saturated carbocycles. The first kappa shape index (κ1) is 12.1. The van der Waals surface area contributed by atoms with E-state index < -0.39 is 0 Å². The molecule has 0 spiro atoms. The molecule has 1 aromatic rings. The Morgan fingerprint density at radius 1 is 1.41 bits per heavy atom. The summed E-state index contributed by atoms with van der Waals surface area (Å²) in [6.45, 7) is 3.40. The third kappa shape index (κ3) is 3.86. The van der Waals surface area contributed by atoms with Crippen LogP contribution in [0.5, 0.6) is 0 Å². The van der Waals surface area contributed by atoms with Crippen molar-refractivity contribution in [3.63, 3.8) is 0 Å². The van der Waals surface area contributed by atoms with Crippen LogP contribution in [0.25, 0.3) is 0 Å². The van der Waals surface area contributed by atoms with Gasteiger partial charge in [0.25, 0.3) is 0 Å². The normalized spacial score (nSPS) is 15.4. The summed E-state index contributed by atoms with van der Waals surface area (Å²) >= 11 is 0. The predicted molar refractivity (Wildman–Crippen MR) is 70.0 cm³/mol. The van der Waals surface area contributed by atoms with Gasteiger partial charge in [0.15, 0.2) is 0 Å². The summed E-state index contributed by atoms with van der Waals surface area (Å²) in [4.78, 5) is 11.6. The zero-order valence-electron chi connectivity index (χ0n) is 10.3. The van der Waals surface area contributed by atoms with Crippen molar-refractivity contribution in [3.8, 4) is 0 Å². The van der Waals surface area contributed by atoms with Crippen LogP contribution < -0.4 is 10.6 Å². The molecule has 1 aliphatic rings. The number of aryl methyl sites for hydroxylation is 1. The van der Waals surface area contributed by atoms with Gasteiger partial charge in [-0.25, -0.2) is 0 Å². The lowest BCUT2D eigenvalue weighted by Crippen LogP contribution is -2.33. The van der Waals surface area contributed by atoms with E-state index >= 15 is 0 Å². The van der Waals surface area contributed by atoms with Gasteiger partial charge in [-0.1, -0.05) is 18.6 Å². The number of carbonyl (C=O) groups is 1. The standard InChI is InChI=1S/C14H20N2O/c1-11-4-2-7-13(8-11)16-14(17)10-15-9-12-5-3-6-12/h2,4,7-8,12,15H,3,5-6,9-10H2,1H3,(H,16,17). The molecule has 92 valence electrons. The number of hydrogen-bond donors (Lipinski definition) is 2. The number of benzene rings is 1. The van der Waals surface area contributed by atoms with E-state index in [0.717, 1.165) is 23.7 Å². The Hall–Kier alpha value is -1.35. The summed E-state index contributed by atoms with van der Waals surface area (Å²) in [7, 11) is 0. The van der Waals surface area contributed by atoms with Crippen molar-refractivity contribution >= 4 is 11.6 Å². The van der Waals surface area contributed by atoms with Crippen molar-refractivity contribution in [2.45, 2.75) is 26.2 Å². The highest BCUT2D eigenvalue weighted by Crippen LogP contribution is 2.24. The van der Waals surface area contributed by atoms with Crippen LogP contribution in [0.3, 0.4) is 0 Å². The number of anilines is 1. The van der Waals surface area contributed by atoms with Gasteiger partial charge in [0.2, 0.25) is 5.91 Å². The van der Waals surface area contributed by atoms with Crippen molar-refractivity contribution in [2.24, 2.45) is 5.92 Å². The largest absolute Gasteiger partial charge is 0.325 e. The molecule has 0 atom stereocenters. The molecule has 1 aliphatic carbocycles. The average molecular weight is 232 g/mol. The van der Waals surface area contributed by atoms with Crippen molar-refractivity contribution in [1.29, 1.82) is 0 Å². The topological polar surface area (TPSA) is 41.1 Å². The van der Waals surface area contributed by atoms with Gasteiger partial charge in [-0.3, -0.25) is 4.79 Å². The van der Waals surface area contributed by atoms with E-state index in [0.29, 0.717) is 6.54 Å². The fourth-order valence-corrected chi connectivity index (χ4v) is 2.01. The minimum absolute atomic E-state index is 0.0370. The average Bonchev–Trinajstić information content (AvgIpc) is 2.22. The number of nitrogens with one attached hydrogen (secondary N) is 2. The fraction of sp³-hybridized carbons (Fsp3) is 0.500. The van der Waals surface area contributed by atoms with Gasteiger partial charge in [-0.05, 0) is 49.9 Å². The quantitative estimate of drug-likeness (QED) is 0.818. The van der Waals surface area contributed by atoms with Crippen LogP contribution in [-0.2, 0) is 4.79 Å². The zero-order chi connectivity index (χ0) is 12.1. The number of hydrogen-bond acceptors (Lipinski definition) is 2. The van der Waals surface area contributed by atoms with E-state index in [1.807, 2.05) is 31.2 Å². The monoisotopic (exact) mass is 232 g/mol. The Morgan fingerprint density at radius 2 is 2.24 bits per heavy atom. The molecule has 0 radical (unpaired) electrons. The van der Waals surface area contributed by atoms with Crippen molar-refractivity contribution < 1.29 is 4.79 Å². The Labute approximate surface area is 103 Å². The lowest BCUT2D eigenvalue weighted by atomic mass is 9.85. The first-order chi connectivity index (χ1) is 8.24. The van der Waals surface area contributed by atoms with E-state index in [1.54, 1.807) is 0 Å². The minimum atomic E-state index is 0.0370. The summed E-state index contributed by atoms with van der Waals surface area (Å²) in [5.41, 5.74) is 2.03. The van der Waals surface area contributed by atoms with Gasteiger partial charge < -0.3 is 10.6 Å². The molecular weight excluding hydrogens is 212 g/mol. The maximum atomic E-state index is 11.6. The lowest BCUT2D eigenvalue weighted by Gasteiger charge is -2.25. The first-order valence-corrected chi connectivity index (χ1v) is 6.31. The second-order valence-electron chi connectivity index (χ2n) is 4.85. The molecular formula is C14H20N2O. The second-order valence-corrected chi connectivity index (χ2v) is 4.85. The zero-order valence-corrected chi connectivity index (χ0v) is 10.3. The molecule has 3 heteroatoms. The molecule has 17 heavy (non-hydrogen) atoms. The maximum absolute atomic E-state index is 11.6. The van der Waals surface area contributed by atoms with Crippen molar-refractivity contribution in [3.05, 3.63) is 29.8 Å². The van der Waals surface area contributed by atoms with Crippen LogP contribution in [0.1, 0.15) is 24.8 Å². The summed E-state index contributed by atoms with van der Waals surface area (Å²) in [6, 6.07) is 7.86. The molecule has 0 saturated heterocycles. The van der Waals surface area contributed by atoms with E-state index in [9.17, 15) is 4.79 Å². The van der Waals surface area contributed by atoms with Gasteiger partial charge in [0.05, 0.1) is 6.54 Å². The Kier molecular flexibility index (Phi) is 4.15. The molecule has 3 nitrogen and oxygen atoms in total. The molecule has 0 heterocycles. The fourth-order valence-electron chi connectivity index (χ4n) is 2.01. The lowest BCUT2D eigenvalue weighted by molar-refractivity contribution is -0.115. The Balaban J connectivity index is 1.69. The molecule has 1 amide bonds. The Bertz CT molecular complexity index is 386. The Morgan fingerprint density at radius 3 is 2.88 bits per heavy atom. The molecule has 0 unspecified atom stereocenters. The molecule has 0 aromatic heterocycles. The summed E-state index contributed by atoms with van der Waals surface area (Å²) in [5.74, 6) is 0.830. The van der Waals surface area contributed by atoms with Gasteiger partial charge >= 0.3 is 0 Å². The van der Waals surface area contributed by atoms with Crippen LogP contribution in [0.2, 0.25) is 0 Å². The molecule has 0 aliphatic heterocycles.